The van der Waals surface area contributed by atoms with Gasteiger partial charge in [-0.3, -0.25) is 24.1 Å². The average molecular weight is 806 g/mol. The summed E-state index contributed by atoms with van der Waals surface area (Å²) in [5.74, 6) is -21.4. The van der Waals surface area contributed by atoms with E-state index in [1.165, 1.54) is 12.1 Å². The zero-order valence-electron chi connectivity index (χ0n) is 25.6. The van der Waals surface area contributed by atoms with Crippen molar-refractivity contribution in [3.05, 3.63) is 111 Å². The molecule has 1 N–H and O–H groups in total. The molecule has 3 fully saturated rings. The summed E-state index contributed by atoms with van der Waals surface area (Å²) in [7, 11) is 0. The Morgan fingerprint density at radius 3 is 1.98 bits per heavy atom. The molecule has 8 rings (SSSR count). The number of phenols is 1. The summed E-state index contributed by atoms with van der Waals surface area (Å²) >= 11 is 17.8. The molecule has 0 aromatic heterocycles. The average Bonchev–Trinajstić information content (AvgIpc) is 3.45. The Morgan fingerprint density at radius 2 is 1.33 bits per heavy atom. The lowest BCUT2D eigenvalue weighted by atomic mass is 9.56. The number of imide groups is 2. The van der Waals surface area contributed by atoms with Crippen molar-refractivity contribution in [3.63, 3.8) is 0 Å². The van der Waals surface area contributed by atoms with Crippen molar-refractivity contribution in [1.29, 1.82) is 0 Å². The molecule has 2 saturated heterocycles. The Morgan fingerprint density at radius 1 is 0.725 bits per heavy atom. The maximum absolute atomic E-state index is 15.3. The van der Waals surface area contributed by atoms with Gasteiger partial charge in [-0.1, -0.05) is 57.9 Å². The van der Waals surface area contributed by atoms with Crippen LogP contribution in [0.25, 0.3) is 10.8 Å². The van der Waals surface area contributed by atoms with E-state index in [0.717, 1.165) is 4.90 Å². The monoisotopic (exact) mass is 804 g/mol. The van der Waals surface area contributed by atoms with Gasteiger partial charge in [-0.25, -0.2) is 26.9 Å². The Balaban J connectivity index is 1.37. The van der Waals surface area contributed by atoms with Crippen LogP contribution in [0.5, 0.6) is 5.75 Å². The van der Waals surface area contributed by atoms with Crippen LogP contribution in [-0.4, -0.2) is 38.5 Å². The number of halogens is 8. The second-order valence-electron chi connectivity index (χ2n) is 12.9. The summed E-state index contributed by atoms with van der Waals surface area (Å²) in [5, 5.41) is 11.3. The van der Waals surface area contributed by atoms with E-state index in [1.54, 1.807) is 54.6 Å². The fourth-order valence-corrected chi connectivity index (χ4v) is 9.51. The predicted molar refractivity (Wildman–Crippen MR) is 179 cm³/mol. The molecule has 0 radical (unpaired) electrons. The van der Waals surface area contributed by atoms with Gasteiger partial charge in [0.05, 0.1) is 17.5 Å². The van der Waals surface area contributed by atoms with Gasteiger partial charge in [0.25, 0.3) is 11.8 Å². The number of allylic oxidation sites excluding steroid dienone is 2. The minimum absolute atomic E-state index is 0.00758. The third-order valence-electron chi connectivity index (χ3n) is 10.6. The summed E-state index contributed by atoms with van der Waals surface area (Å²) in [6, 6.07) is 15.5. The van der Waals surface area contributed by atoms with E-state index >= 15 is 8.78 Å². The minimum atomic E-state index is -2.68. The Kier molecular flexibility index (Phi) is 7.51. The highest BCUT2D eigenvalue weighted by Gasteiger charge is 2.77. The van der Waals surface area contributed by atoms with Crippen LogP contribution >= 0.6 is 39.1 Å². The molecule has 4 aliphatic rings. The molecular formula is C36H20BrCl2F5N2O5. The number of amides is 4. The van der Waals surface area contributed by atoms with Gasteiger partial charge in [-0.2, -0.15) is 0 Å². The van der Waals surface area contributed by atoms with E-state index < -0.39 is 98.2 Å². The maximum Gasteiger partial charge on any atom is 0.258 e. The topological polar surface area (TPSA) is 95.0 Å². The van der Waals surface area contributed by atoms with E-state index in [4.69, 9.17) is 23.2 Å². The Hall–Kier alpha value is -4.33. The molecule has 0 spiro atoms. The third kappa shape index (κ3) is 4.28. The van der Waals surface area contributed by atoms with Gasteiger partial charge in [0.2, 0.25) is 17.6 Å². The van der Waals surface area contributed by atoms with Crippen LogP contribution in [0.15, 0.2) is 76.8 Å². The van der Waals surface area contributed by atoms with Crippen molar-refractivity contribution >= 4 is 84.9 Å². The third-order valence-corrected chi connectivity index (χ3v) is 12.5. The predicted octanol–water partition coefficient (Wildman–Crippen LogP) is 7.77. The van der Waals surface area contributed by atoms with Crippen LogP contribution in [0.3, 0.4) is 0 Å². The summed E-state index contributed by atoms with van der Waals surface area (Å²) in [6.07, 6.45) is 0.988. The number of nitrogens with zero attached hydrogens (tertiary/aromatic N) is 2. The standard InChI is InChI=1S/C36H20BrCl2F5N2O5/c37-14-5-7-15(8-6-14)45-31(48)20-10-9-19-21(23(20)32(45)49)13-35(38)33(50)46(30-28(43)26(41)25(40)27(42)29(30)44)34(51)36(35,39)24(19)18-11-12-22(47)17-4-2-1-3-16(17)18/h1-9,11-12,20-21,23-24,47H,10,13H2/t20-,21+,23-,24-,35+,36-/m0/s1. The molecule has 1 saturated carbocycles. The Labute approximate surface area is 303 Å². The molecule has 51 heavy (non-hydrogen) atoms. The van der Waals surface area contributed by atoms with Gasteiger partial charge in [-0.15, -0.1) is 23.2 Å². The number of phenolic OH excluding ortho intramolecular Hbond substituents is 1. The number of carbonyl (C=O) groups excluding carboxylic acids is 4. The molecule has 0 unspecified atom stereocenters. The number of aromatic hydroxyl groups is 1. The fraction of sp³-hybridized carbons (Fsp3) is 0.222. The van der Waals surface area contributed by atoms with Gasteiger partial charge in [0.15, 0.2) is 33.0 Å². The smallest absolute Gasteiger partial charge is 0.258 e. The van der Waals surface area contributed by atoms with Gasteiger partial charge in [-0.05, 0) is 60.0 Å². The lowest BCUT2D eigenvalue weighted by molar-refractivity contribution is -0.125. The van der Waals surface area contributed by atoms with Crippen molar-refractivity contribution < 1.29 is 46.2 Å². The van der Waals surface area contributed by atoms with E-state index in [9.17, 15) is 37.5 Å². The highest BCUT2D eigenvalue weighted by Crippen LogP contribution is 2.66. The zero-order chi connectivity index (χ0) is 36.5. The molecule has 260 valence electrons. The number of alkyl halides is 2. The summed E-state index contributed by atoms with van der Waals surface area (Å²) < 4.78 is 74.4. The number of hydrogen-bond donors (Lipinski definition) is 1. The van der Waals surface area contributed by atoms with E-state index in [2.05, 4.69) is 15.9 Å². The molecule has 4 aromatic rings. The first kappa shape index (κ1) is 33.8. The van der Waals surface area contributed by atoms with Gasteiger partial charge in [0.1, 0.15) is 11.4 Å². The van der Waals surface area contributed by atoms with Crippen LogP contribution in [0.1, 0.15) is 24.3 Å². The van der Waals surface area contributed by atoms with Gasteiger partial charge >= 0.3 is 0 Å². The van der Waals surface area contributed by atoms with Gasteiger partial charge in [0, 0.05) is 15.8 Å². The lowest BCUT2D eigenvalue weighted by Gasteiger charge is -2.51. The SMILES string of the molecule is O=C1[C@H]2[C@H](CC=C3[C@H]2C[C@@]2(Cl)C(=O)N(c4c(F)c(F)c(F)c(F)c4F)C(=O)[C@@]2(Cl)[C@H]3c2ccc(O)c3ccccc23)C(=O)N1c1ccc(Br)cc1. The molecular weight excluding hydrogens is 786 g/mol. The second kappa shape index (κ2) is 11.3. The first-order chi connectivity index (χ1) is 24.1. The quantitative estimate of drug-likeness (QED) is 0.0571. The first-order valence-corrected chi connectivity index (χ1v) is 17.0. The Bertz CT molecular complexity index is 2300. The molecule has 6 atom stereocenters. The highest BCUT2D eigenvalue weighted by molar-refractivity contribution is 9.10. The van der Waals surface area contributed by atoms with Crippen molar-refractivity contribution in [2.24, 2.45) is 17.8 Å². The van der Waals surface area contributed by atoms with E-state index in [0.29, 0.717) is 15.4 Å². The zero-order valence-corrected chi connectivity index (χ0v) is 28.7. The summed E-state index contributed by atoms with van der Waals surface area (Å²) in [5.41, 5.74) is -1.07. The van der Waals surface area contributed by atoms with Crippen molar-refractivity contribution in [2.45, 2.75) is 28.5 Å². The van der Waals surface area contributed by atoms with Crippen molar-refractivity contribution in [1.82, 2.24) is 0 Å². The number of anilines is 2. The number of carbonyl (C=O) groups is 4. The summed E-state index contributed by atoms with van der Waals surface area (Å²) in [4.78, 5) is 52.5. The molecule has 2 aliphatic carbocycles. The van der Waals surface area contributed by atoms with Crippen LogP contribution in [0, 0.1) is 46.8 Å². The van der Waals surface area contributed by atoms with Crippen LogP contribution in [-0.2, 0) is 19.2 Å². The van der Waals surface area contributed by atoms with Gasteiger partial charge < -0.3 is 5.11 Å². The number of fused-ring (bicyclic) bond motifs is 5. The maximum atomic E-state index is 15.3. The van der Waals surface area contributed by atoms with E-state index in [1.807, 2.05) is 0 Å². The van der Waals surface area contributed by atoms with Crippen molar-refractivity contribution in [3.8, 4) is 5.75 Å². The second-order valence-corrected chi connectivity index (χ2v) is 15.1. The molecule has 4 aromatic carbocycles. The number of benzene rings is 4. The normalized spacial score (nSPS) is 28.7. The number of rotatable bonds is 3. The largest absolute Gasteiger partial charge is 0.507 e. The molecule has 0 bridgehead atoms. The van der Waals surface area contributed by atoms with Crippen LogP contribution in [0.4, 0.5) is 33.3 Å². The fourth-order valence-electron chi connectivity index (χ4n) is 8.32. The van der Waals surface area contributed by atoms with E-state index in [-0.39, 0.29) is 33.7 Å². The minimum Gasteiger partial charge on any atom is -0.507 e. The lowest BCUT2D eigenvalue weighted by Crippen LogP contribution is -2.60. The summed E-state index contributed by atoms with van der Waals surface area (Å²) in [6.45, 7) is 0. The molecule has 7 nitrogen and oxygen atoms in total. The first-order valence-electron chi connectivity index (χ1n) is 15.5. The van der Waals surface area contributed by atoms with Crippen LogP contribution in [0.2, 0.25) is 0 Å². The number of hydrogen-bond acceptors (Lipinski definition) is 5. The highest BCUT2D eigenvalue weighted by atomic mass is 79.9. The van der Waals surface area contributed by atoms with Crippen LogP contribution < -0.4 is 9.80 Å². The molecule has 15 heteroatoms. The van der Waals surface area contributed by atoms with Crippen molar-refractivity contribution in [2.75, 3.05) is 9.80 Å². The molecule has 2 aliphatic heterocycles. The molecule has 4 amide bonds. The molecule has 2 heterocycles.